The third-order valence-corrected chi connectivity index (χ3v) is 5.04. The zero-order chi connectivity index (χ0) is 23.5. The Bertz CT molecular complexity index is 1050. The molecule has 1 aromatic heterocycles. The lowest BCUT2D eigenvalue weighted by molar-refractivity contribution is 0.281. The minimum Gasteiger partial charge on any atom is -0.497 e. The number of aromatic nitrogens is 2. The molecule has 32 heavy (non-hydrogen) atoms. The van der Waals surface area contributed by atoms with Crippen molar-refractivity contribution in [2.75, 3.05) is 27.9 Å². The van der Waals surface area contributed by atoms with Crippen LogP contribution in [0.15, 0.2) is 53.7 Å². The minimum atomic E-state index is -0.0350. The zero-order valence-corrected chi connectivity index (χ0v) is 19.8. The van der Waals surface area contributed by atoms with Gasteiger partial charge in [0.15, 0.2) is 0 Å². The van der Waals surface area contributed by atoms with Crippen LogP contribution >= 0.6 is 0 Å². The molecule has 6 heteroatoms. The van der Waals surface area contributed by atoms with E-state index in [0.717, 1.165) is 33.4 Å². The van der Waals surface area contributed by atoms with E-state index in [1.54, 1.807) is 33.7 Å². The summed E-state index contributed by atoms with van der Waals surface area (Å²) in [6.45, 7) is 6.01. The number of aliphatic hydroxyl groups excluding tert-OH is 1. The fourth-order valence-corrected chi connectivity index (χ4v) is 3.50. The number of hydrogen-bond acceptors (Lipinski definition) is 6. The normalized spacial score (nSPS) is 12.4. The summed E-state index contributed by atoms with van der Waals surface area (Å²) in [6, 6.07) is 11.8. The Kier molecular flexibility index (Phi) is 9.82. The molecule has 0 fully saturated rings. The second-order valence-electron chi connectivity index (χ2n) is 6.85. The molecule has 0 aliphatic rings. The number of rotatable bonds is 8. The number of aliphatic imine (C=N–C) groups is 1. The van der Waals surface area contributed by atoms with Gasteiger partial charge >= 0.3 is 0 Å². The monoisotopic (exact) mass is 435 g/mol. The van der Waals surface area contributed by atoms with Gasteiger partial charge in [0.2, 0.25) is 0 Å². The van der Waals surface area contributed by atoms with Crippen molar-refractivity contribution >= 4 is 22.8 Å². The molecular formula is C26H33N3O3. The van der Waals surface area contributed by atoms with Crippen molar-refractivity contribution in [2.24, 2.45) is 4.99 Å². The van der Waals surface area contributed by atoms with Gasteiger partial charge in [0.25, 0.3) is 0 Å². The average molecular weight is 436 g/mol. The highest BCUT2D eigenvalue weighted by atomic mass is 16.5. The highest BCUT2D eigenvalue weighted by molar-refractivity contribution is 6.09. The van der Waals surface area contributed by atoms with E-state index < -0.39 is 0 Å². The van der Waals surface area contributed by atoms with E-state index in [1.807, 2.05) is 63.2 Å². The van der Waals surface area contributed by atoms with E-state index >= 15 is 0 Å². The van der Waals surface area contributed by atoms with Crippen molar-refractivity contribution in [1.29, 1.82) is 0 Å². The summed E-state index contributed by atoms with van der Waals surface area (Å²) >= 11 is 0. The maximum Gasteiger partial charge on any atom is 0.122 e. The lowest BCUT2D eigenvalue weighted by Crippen LogP contribution is -2.05. The Morgan fingerprint density at radius 2 is 1.72 bits per heavy atom. The molecule has 0 spiro atoms. The number of fused-ring (bicyclic) bond motifs is 1. The van der Waals surface area contributed by atoms with Crippen molar-refractivity contribution in [2.45, 2.75) is 33.1 Å². The Labute approximate surface area is 190 Å². The number of aliphatic hydroxyl groups is 1. The number of nitrogens with zero attached hydrogens (tertiary/aromatic N) is 3. The van der Waals surface area contributed by atoms with Gasteiger partial charge in [-0.3, -0.25) is 9.98 Å². The highest BCUT2D eigenvalue weighted by Crippen LogP contribution is 2.34. The van der Waals surface area contributed by atoms with Crippen molar-refractivity contribution in [1.82, 2.24) is 9.97 Å². The summed E-state index contributed by atoms with van der Waals surface area (Å²) in [7, 11) is 4.99. The van der Waals surface area contributed by atoms with Gasteiger partial charge in [0, 0.05) is 37.4 Å². The van der Waals surface area contributed by atoms with E-state index in [1.165, 1.54) is 0 Å². The fourth-order valence-electron chi connectivity index (χ4n) is 3.50. The smallest absolute Gasteiger partial charge is 0.122 e. The third kappa shape index (κ3) is 5.92. The molecule has 3 aromatic rings. The predicted molar refractivity (Wildman–Crippen MR) is 132 cm³/mol. The van der Waals surface area contributed by atoms with Crippen molar-refractivity contribution < 1.29 is 14.6 Å². The Morgan fingerprint density at radius 3 is 2.28 bits per heavy atom. The van der Waals surface area contributed by atoms with Gasteiger partial charge in [-0.05, 0) is 48.7 Å². The van der Waals surface area contributed by atoms with Gasteiger partial charge in [-0.1, -0.05) is 26.0 Å². The molecule has 0 radical (unpaired) electrons. The van der Waals surface area contributed by atoms with Crippen LogP contribution in [-0.4, -0.2) is 49.2 Å². The molecule has 6 nitrogen and oxygen atoms in total. The summed E-state index contributed by atoms with van der Waals surface area (Å²) in [5.74, 6) is 1.39. The van der Waals surface area contributed by atoms with Crippen LogP contribution in [0.5, 0.6) is 11.5 Å². The molecule has 0 amide bonds. The van der Waals surface area contributed by atoms with Crippen molar-refractivity contribution in [3.8, 4) is 11.5 Å². The molecule has 1 heterocycles. The molecule has 1 atom stereocenters. The number of benzene rings is 2. The van der Waals surface area contributed by atoms with E-state index in [0.29, 0.717) is 17.9 Å². The van der Waals surface area contributed by atoms with Gasteiger partial charge in [-0.25, -0.2) is 4.98 Å². The zero-order valence-electron chi connectivity index (χ0n) is 19.8. The maximum absolute atomic E-state index is 9.72. The van der Waals surface area contributed by atoms with Crippen LogP contribution in [0.1, 0.15) is 49.9 Å². The van der Waals surface area contributed by atoms with Crippen LogP contribution in [-0.2, 0) is 0 Å². The first kappa shape index (κ1) is 25.0. The summed E-state index contributed by atoms with van der Waals surface area (Å²) < 4.78 is 10.9. The molecule has 3 rings (SSSR count). The molecule has 0 aliphatic carbocycles. The van der Waals surface area contributed by atoms with Crippen LogP contribution in [0.4, 0.5) is 0 Å². The first-order valence-corrected chi connectivity index (χ1v) is 10.8. The molecule has 0 saturated heterocycles. The summed E-state index contributed by atoms with van der Waals surface area (Å²) in [5.41, 5.74) is 5.36. The molecule has 1 N–H and O–H groups in total. The quantitative estimate of drug-likeness (QED) is 0.487. The molecule has 0 aliphatic heterocycles. The van der Waals surface area contributed by atoms with Gasteiger partial charge in [-0.2, -0.15) is 0 Å². The number of allylic oxidation sites excluding steroid dienone is 2. The lowest BCUT2D eigenvalue weighted by Gasteiger charge is -2.19. The number of hydrogen-bond donors (Lipinski definition) is 1. The van der Waals surface area contributed by atoms with Gasteiger partial charge in [0.1, 0.15) is 11.5 Å². The summed E-state index contributed by atoms with van der Waals surface area (Å²) in [6.07, 6.45) is 6.06. The Morgan fingerprint density at radius 1 is 1.03 bits per heavy atom. The molecule has 0 bridgehead atoms. The van der Waals surface area contributed by atoms with Crippen LogP contribution in [0.25, 0.3) is 16.6 Å². The van der Waals surface area contributed by atoms with Gasteiger partial charge in [-0.15, -0.1) is 0 Å². The van der Waals surface area contributed by atoms with E-state index in [4.69, 9.17) is 14.5 Å². The summed E-state index contributed by atoms with van der Waals surface area (Å²) in [4.78, 5) is 13.4. The van der Waals surface area contributed by atoms with E-state index in [-0.39, 0.29) is 12.5 Å². The lowest BCUT2D eigenvalue weighted by atomic mass is 9.88. The first-order valence-electron chi connectivity index (χ1n) is 10.8. The fraction of sp³-hybridized carbons (Fsp3) is 0.346. The molecule has 2 aromatic carbocycles. The van der Waals surface area contributed by atoms with Crippen molar-refractivity contribution in [3.63, 3.8) is 0 Å². The predicted octanol–water partition coefficient (Wildman–Crippen LogP) is 5.29. The molecular weight excluding hydrogens is 402 g/mol. The van der Waals surface area contributed by atoms with Crippen LogP contribution in [0, 0.1) is 0 Å². The molecule has 170 valence electrons. The van der Waals surface area contributed by atoms with Crippen LogP contribution in [0.2, 0.25) is 0 Å². The molecule has 0 saturated carbocycles. The summed E-state index contributed by atoms with van der Waals surface area (Å²) in [5, 5.41) is 9.72. The standard InChI is InChI=1S/C24H27N3O3.C2H6/c1-5-16(14-25-2)24-15-26-22-7-6-17(12-23(22)27-24)21(8-9-28)18-10-19(29-3)13-20(11-18)30-4;1-2/h5-7,10-15,21,28H,8-9H2,1-4H3;1-2H3/b16-5+,25-14?;. The van der Waals surface area contributed by atoms with Gasteiger partial charge in [0.05, 0.1) is 37.1 Å². The number of ether oxygens (including phenoxy) is 2. The van der Waals surface area contributed by atoms with Crippen LogP contribution < -0.4 is 9.47 Å². The SMILES string of the molecule is C/C=C(\C=NC)c1cnc2ccc(C(CCO)c3cc(OC)cc(OC)c3)cc2n1.CC. The average Bonchev–Trinajstić information content (AvgIpc) is 2.85. The minimum absolute atomic E-state index is 0.0350. The molecule has 1 unspecified atom stereocenters. The first-order chi connectivity index (χ1) is 15.6. The van der Waals surface area contributed by atoms with Gasteiger partial charge < -0.3 is 14.6 Å². The van der Waals surface area contributed by atoms with E-state index in [2.05, 4.69) is 9.98 Å². The van der Waals surface area contributed by atoms with Crippen molar-refractivity contribution in [3.05, 3.63) is 65.5 Å². The number of methoxy groups -OCH3 is 2. The van der Waals surface area contributed by atoms with Crippen LogP contribution in [0.3, 0.4) is 0 Å². The largest absolute Gasteiger partial charge is 0.497 e. The second kappa shape index (κ2) is 12.6. The third-order valence-electron chi connectivity index (χ3n) is 5.04. The Hall–Kier alpha value is -3.25. The highest BCUT2D eigenvalue weighted by Gasteiger charge is 2.17. The topological polar surface area (TPSA) is 76.8 Å². The maximum atomic E-state index is 9.72. The Balaban J connectivity index is 0.00000176. The second-order valence-corrected chi connectivity index (χ2v) is 6.85. The van der Waals surface area contributed by atoms with E-state index in [9.17, 15) is 5.11 Å².